The molecule has 18 heavy (non-hydrogen) atoms. The number of benzene rings is 1. The van der Waals surface area contributed by atoms with E-state index in [1.54, 1.807) is 11.8 Å². The number of nitrogens with zero attached hydrogens (tertiary/aromatic N) is 2. The summed E-state index contributed by atoms with van der Waals surface area (Å²) in [7, 11) is 0. The van der Waals surface area contributed by atoms with Crippen LogP contribution in [0.4, 0.5) is 5.82 Å². The van der Waals surface area contributed by atoms with E-state index in [1.807, 2.05) is 19.1 Å². The highest BCUT2D eigenvalue weighted by molar-refractivity contribution is 7.98. The maximum absolute atomic E-state index is 5.97. The van der Waals surface area contributed by atoms with Gasteiger partial charge >= 0.3 is 0 Å². The van der Waals surface area contributed by atoms with Gasteiger partial charge in [0.15, 0.2) is 5.82 Å². The minimum Gasteiger partial charge on any atom is -0.383 e. The van der Waals surface area contributed by atoms with Gasteiger partial charge in [0.2, 0.25) is 0 Å². The van der Waals surface area contributed by atoms with Crippen LogP contribution in [0.1, 0.15) is 18.2 Å². The van der Waals surface area contributed by atoms with Gasteiger partial charge in [-0.3, -0.25) is 0 Å². The fourth-order valence-electron chi connectivity index (χ4n) is 1.92. The molecule has 0 saturated carbocycles. The van der Waals surface area contributed by atoms with Gasteiger partial charge in [-0.25, -0.2) is 9.97 Å². The topological polar surface area (TPSA) is 51.8 Å². The zero-order valence-electron chi connectivity index (χ0n) is 10.9. The van der Waals surface area contributed by atoms with Crippen LogP contribution in [0.15, 0.2) is 29.2 Å². The summed E-state index contributed by atoms with van der Waals surface area (Å²) in [6, 6.07) is 8.21. The van der Waals surface area contributed by atoms with E-state index in [4.69, 9.17) is 5.73 Å². The van der Waals surface area contributed by atoms with E-state index in [0.29, 0.717) is 11.6 Å². The molecule has 0 bridgehead atoms. The average molecular weight is 259 g/mol. The third kappa shape index (κ3) is 2.48. The van der Waals surface area contributed by atoms with Gasteiger partial charge in [0.25, 0.3) is 0 Å². The Bertz CT molecular complexity index is 526. The first-order valence-electron chi connectivity index (χ1n) is 5.93. The predicted octanol–water partition coefficient (Wildman–Crippen LogP) is 3.32. The number of thioether (sulfide) groups is 1. The smallest absolute Gasteiger partial charge is 0.161 e. The van der Waals surface area contributed by atoms with Crippen LogP contribution in [0.5, 0.6) is 0 Å². The molecule has 1 aromatic carbocycles. The van der Waals surface area contributed by atoms with Crippen LogP contribution in [-0.2, 0) is 6.42 Å². The number of hydrogen-bond acceptors (Lipinski definition) is 4. The van der Waals surface area contributed by atoms with Crippen molar-refractivity contribution >= 4 is 17.6 Å². The second kappa shape index (κ2) is 5.40. The Kier molecular flexibility index (Phi) is 3.87. The molecule has 0 fully saturated rings. The highest BCUT2D eigenvalue weighted by Gasteiger charge is 2.09. The van der Waals surface area contributed by atoms with E-state index in [0.717, 1.165) is 23.2 Å². The van der Waals surface area contributed by atoms with Gasteiger partial charge in [0, 0.05) is 21.7 Å². The quantitative estimate of drug-likeness (QED) is 0.859. The molecule has 0 amide bonds. The van der Waals surface area contributed by atoms with Crippen molar-refractivity contribution in [3.05, 3.63) is 35.5 Å². The number of aromatic nitrogens is 2. The van der Waals surface area contributed by atoms with Crippen LogP contribution in [0.2, 0.25) is 0 Å². The molecular formula is C14H17N3S. The fraction of sp³-hybridized carbons (Fsp3) is 0.286. The van der Waals surface area contributed by atoms with Crippen molar-refractivity contribution in [3.63, 3.8) is 0 Å². The van der Waals surface area contributed by atoms with Gasteiger partial charge in [-0.1, -0.05) is 19.1 Å². The van der Waals surface area contributed by atoms with Crippen molar-refractivity contribution in [1.29, 1.82) is 0 Å². The Morgan fingerprint density at radius 2 is 1.83 bits per heavy atom. The molecule has 0 unspecified atom stereocenters. The van der Waals surface area contributed by atoms with Crippen molar-refractivity contribution in [2.75, 3.05) is 12.0 Å². The van der Waals surface area contributed by atoms with E-state index in [9.17, 15) is 0 Å². The van der Waals surface area contributed by atoms with Crippen LogP contribution in [0.25, 0.3) is 11.4 Å². The first-order valence-corrected chi connectivity index (χ1v) is 7.15. The summed E-state index contributed by atoms with van der Waals surface area (Å²) in [5.41, 5.74) is 8.98. The van der Waals surface area contributed by atoms with E-state index < -0.39 is 0 Å². The molecule has 4 heteroatoms. The maximum Gasteiger partial charge on any atom is 0.161 e. The van der Waals surface area contributed by atoms with Gasteiger partial charge in [0.1, 0.15) is 5.82 Å². The van der Waals surface area contributed by atoms with Gasteiger partial charge in [0.05, 0.1) is 0 Å². The molecular weight excluding hydrogens is 242 g/mol. The molecule has 0 aliphatic heterocycles. The average Bonchev–Trinajstić information content (AvgIpc) is 2.38. The minimum atomic E-state index is 0.592. The first-order chi connectivity index (χ1) is 8.65. The van der Waals surface area contributed by atoms with Gasteiger partial charge in [-0.15, -0.1) is 11.8 Å². The molecule has 0 aliphatic rings. The number of hydrogen-bond donors (Lipinski definition) is 1. The Labute approximate surface area is 112 Å². The lowest BCUT2D eigenvalue weighted by Crippen LogP contribution is -2.04. The summed E-state index contributed by atoms with van der Waals surface area (Å²) in [5, 5.41) is 0. The van der Waals surface area contributed by atoms with Crippen LogP contribution in [-0.4, -0.2) is 16.2 Å². The summed E-state index contributed by atoms with van der Waals surface area (Å²) in [5.74, 6) is 1.30. The summed E-state index contributed by atoms with van der Waals surface area (Å²) in [4.78, 5) is 10.2. The molecule has 0 saturated heterocycles. The molecule has 0 spiro atoms. The molecule has 1 aromatic heterocycles. The second-order valence-electron chi connectivity index (χ2n) is 4.08. The lowest BCUT2D eigenvalue weighted by Gasteiger charge is -2.09. The van der Waals surface area contributed by atoms with Crippen LogP contribution in [0, 0.1) is 6.92 Å². The van der Waals surface area contributed by atoms with Gasteiger partial charge < -0.3 is 5.73 Å². The Balaban J connectivity index is 2.44. The molecule has 2 rings (SSSR count). The number of nitrogens with two attached hydrogens (primary N) is 1. The van der Waals surface area contributed by atoms with Crippen molar-refractivity contribution in [3.8, 4) is 11.4 Å². The third-order valence-corrected chi connectivity index (χ3v) is 3.69. The van der Waals surface area contributed by atoms with Crippen LogP contribution in [0.3, 0.4) is 0 Å². The Morgan fingerprint density at radius 3 is 2.33 bits per heavy atom. The number of nitrogen functional groups attached to an aromatic ring is 1. The summed E-state index contributed by atoms with van der Waals surface area (Å²) in [6.07, 6.45) is 2.92. The SMILES string of the molecule is CCc1c(C)nc(-c2ccc(SC)cc2)nc1N. The monoisotopic (exact) mass is 259 g/mol. The second-order valence-corrected chi connectivity index (χ2v) is 4.96. The minimum absolute atomic E-state index is 0.592. The molecule has 3 nitrogen and oxygen atoms in total. The van der Waals surface area contributed by atoms with E-state index in [-0.39, 0.29) is 0 Å². The normalized spacial score (nSPS) is 10.6. The first kappa shape index (κ1) is 12.9. The number of aryl methyl sites for hydroxylation is 1. The maximum atomic E-state index is 5.97. The molecule has 2 aromatic rings. The molecule has 0 aliphatic carbocycles. The summed E-state index contributed by atoms with van der Waals surface area (Å²) >= 11 is 1.72. The van der Waals surface area contributed by atoms with Crippen molar-refractivity contribution in [2.24, 2.45) is 0 Å². The molecule has 94 valence electrons. The van der Waals surface area contributed by atoms with E-state index in [1.165, 1.54) is 4.90 Å². The highest BCUT2D eigenvalue weighted by atomic mass is 32.2. The molecule has 0 radical (unpaired) electrons. The zero-order valence-corrected chi connectivity index (χ0v) is 11.7. The fourth-order valence-corrected chi connectivity index (χ4v) is 2.33. The third-order valence-electron chi connectivity index (χ3n) is 2.95. The lowest BCUT2D eigenvalue weighted by molar-refractivity contribution is 1.01. The summed E-state index contributed by atoms with van der Waals surface area (Å²) < 4.78 is 0. The predicted molar refractivity (Wildman–Crippen MR) is 77.8 cm³/mol. The van der Waals surface area contributed by atoms with Crippen LogP contribution < -0.4 is 5.73 Å². The standard InChI is InChI=1S/C14H17N3S/c1-4-12-9(2)16-14(17-13(12)15)10-5-7-11(18-3)8-6-10/h5-8H,4H2,1-3H3,(H2,15,16,17). The Morgan fingerprint density at radius 1 is 1.17 bits per heavy atom. The largest absolute Gasteiger partial charge is 0.383 e. The Hall–Kier alpha value is -1.55. The molecule has 2 N–H and O–H groups in total. The lowest BCUT2D eigenvalue weighted by atomic mass is 10.1. The number of rotatable bonds is 3. The van der Waals surface area contributed by atoms with Crippen molar-refractivity contribution in [1.82, 2.24) is 9.97 Å². The van der Waals surface area contributed by atoms with Gasteiger partial charge in [-0.05, 0) is 31.7 Å². The highest BCUT2D eigenvalue weighted by Crippen LogP contribution is 2.23. The van der Waals surface area contributed by atoms with Crippen molar-refractivity contribution < 1.29 is 0 Å². The number of anilines is 1. The van der Waals surface area contributed by atoms with E-state index >= 15 is 0 Å². The zero-order chi connectivity index (χ0) is 13.1. The van der Waals surface area contributed by atoms with Gasteiger partial charge in [-0.2, -0.15) is 0 Å². The van der Waals surface area contributed by atoms with Crippen LogP contribution >= 0.6 is 11.8 Å². The van der Waals surface area contributed by atoms with E-state index in [2.05, 4.69) is 35.3 Å². The molecule has 1 heterocycles. The van der Waals surface area contributed by atoms with Crippen molar-refractivity contribution in [2.45, 2.75) is 25.2 Å². The molecule has 0 atom stereocenters. The summed E-state index contributed by atoms with van der Waals surface area (Å²) in [6.45, 7) is 4.05.